The summed E-state index contributed by atoms with van der Waals surface area (Å²) in [5.74, 6) is -2.10. The largest absolute Gasteiger partial charge is 0.467 e. The van der Waals surface area contributed by atoms with E-state index >= 15 is 0 Å². The quantitative estimate of drug-likeness (QED) is 0.0269. The first-order valence-electron chi connectivity index (χ1n) is 47.0. The van der Waals surface area contributed by atoms with Crippen LogP contribution in [0.3, 0.4) is 0 Å². The van der Waals surface area contributed by atoms with E-state index in [0.717, 1.165) is 240 Å². The van der Waals surface area contributed by atoms with Gasteiger partial charge in [-0.1, -0.05) is 55.4 Å². The minimum Gasteiger partial charge on any atom is -0.467 e. The van der Waals surface area contributed by atoms with Crippen molar-refractivity contribution in [1.82, 2.24) is 19.1 Å². The SMILES string of the molecule is COC(=O)C(OC(C)(C)C)c1c(C)c(N)c2[nH]c(C)cc2c1N1CCC(C)(C)CC1.COC(=O)C(OC(C)(C)C)c1c(C)c(NC(=O)CCl)c2[nH]c(C)cc2c1N1CCC(C)(C)CC1.COC(=O)C(OC(C)(C)C)c1c(C)c2c3c(cc(C)n3CC(=O)N2C)c1N1CCC(C)(C)CC1.COC(=O)[C@@H](OC(C)(C)C)c1c(C)c2c3c(cc(C)n3CCN2C)c1N1CCC(C)(C)CC1. The van der Waals surface area contributed by atoms with Crippen LogP contribution in [0.2, 0.25) is 0 Å². The van der Waals surface area contributed by atoms with Gasteiger partial charge in [0.15, 0.2) is 24.4 Å². The number of aromatic amines is 2. The van der Waals surface area contributed by atoms with Crippen LogP contribution in [0.5, 0.6) is 0 Å². The summed E-state index contributed by atoms with van der Waals surface area (Å²) in [4.78, 5) is 98.2. The topological polar surface area (TPSA) is 275 Å². The van der Waals surface area contributed by atoms with Crippen LogP contribution in [0.4, 0.5) is 45.5 Å². The summed E-state index contributed by atoms with van der Waals surface area (Å²) in [6.07, 6.45) is 5.13. The second-order valence-corrected chi connectivity index (χ2v) is 44.8. The molecule has 5 N–H and O–H groups in total. The summed E-state index contributed by atoms with van der Waals surface area (Å²) in [6.45, 7) is 67.8. The smallest absolute Gasteiger partial charge is 0.339 e. The number of halogens is 1. The van der Waals surface area contributed by atoms with Gasteiger partial charge in [0.25, 0.3) is 0 Å². The number of carbonyl (C=O) groups is 6. The van der Waals surface area contributed by atoms with E-state index in [1.165, 1.54) is 50.7 Å². The van der Waals surface area contributed by atoms with Gasteiger partial charge >= 0.3 is 23.9 Å². The molecule has 14 rings (SSSR count). The summed E-state index contributed by atoms with van der Waals surface area (Å²) < 4.78 is 50.9. The zero-order chi connectivity index (χ0) is 97.3. The van der Waals surface area contributed by atoms with Gasteiger partial charge in [-0.15, -0.1) is 11.6 Å². The highest BCUT2D eigenvalue weighted by Crippen LogP contribution is 2.55. The number of fused-ring (bicyclic) bond motifs is 2. The molecule has 4 aromatic carbocycles. The van der Waals surface area contributed by atoms with Crippen LogP contribution in [0, 0.1) is 77.0 Å². The Labute approximate surface area is 783 Å². The first-order chi connectivity index (χ1) is 60.7. The molecular formula is C104H155ClN12O14. The number of rotatable bonds is 18. The lowest BCUT2D eigenvalue weighted by atomic mass is 9.82. The Balaban J connectivity index is 0.000000169. The van der Waals surface area contributed by atoms with E-state index in [0.29, 0.717) is 28.7 Å². The first-order valence-corrected chi connectivity index (χ1v) is 47.5. The van der Waals surface area contributed by atoms with Gasteiger partial charge in [0.05, 0.1) is 118 Å². The van der Waals surface area contributed by atoms with Crippen molar-refractivity contribution in [2.24, 2.45) is 21.7 Å². The average Bonchev–Trinajstić information content (AvgIpc) is 1.60. The normalized spacial score (nSPS) is 18.3. The van der Waals surface area contributed by atoms with Crippen molar-refractivity contribution in [2.45, 2.75) is 305 Å². The Kier molecular flexibility index (Phi) is 30.2. The molecule has 2 amide bonds. The second kappa shape index (κ2) is 38.6. The first kappa shape index (κ1) is 102. The zero-order valence-corrected chi connectivity index (χ0v) is 86.3. The van der Waals surface area contributed by atoms with E-state index in [1.807, 2.05) is 132 Å². The molecule has 0 radical (unpaired) electrons. The Bertz CT molecular complexity index is 5590. The summed E-state index contributed by atoms with van der Waals surface area (Å²) >= 11 is 5.82. The molecule has 131 heavy (non-hydrogen) atoms. The molecule has 10 heterocycles. The number of alkyl halides is 1. The minimum absolute atomic E-state index is 0.0287. The van der Waals surface area contributed by atoms with Crippen LogP contribution in [0.15, 0.2) is 24.3 Å². The van der Waals surface area contributed by atoms with Gasteiger partial charge in [0, 0.05) is 146 Å². The lowest BCUT2D eigenvalue weighted by Crippen LogP contribution is -2.40. The van der Waals surface area contributed by atoms with Crippen LogP contribution in [-0.2, 0) is 79.8 Å². The number of benzene rings is 4. The van der Waals surface area contributed by atoms with Crippen molar-refractivity contribution in [3.63, 3.8) is 0 Å². The van der Waals surface area contributed by atoms with Gasteiger partial charge < -0.3 is 97.4 Å². The molecule has 6 aliphatic rings. The molecule has 26 nitrogen and oxygen atoms in total. The van der Waals surface area contributed by atoms with Gasteiger partial charge in [-0.05, 0) is 258 Å². The van der Waals surface area contributed by atoms with Crippen molar-refractivity contribution in [3.8, 4) is 0 Å². The van der Waals surface area contributed by atoms with Crippen molar-refractivity contribution >= 4 is 136 Å². The number of nitrogens with one attached hydrogen (secondary N) is 3. The standard InChI is InChI=1S/C27H39N3O4.C27H41N3O3.C26H38ClN3O4.C24H37N3O3/c1-16-14-18-22(29-12-10-27(6,7)11-13-29)20(24(25(32)33-9)34-26(3,4)5)17(2)21-23(18)30(16)15-19(31)28(21)8;1-17-16-19-22(29-12-10-27(6,7)11-13-29)20(24(25(31)32-9)33-26(3,4)5)18(2)21-23(19)30(17)15-14-28(21)8;1-15-13-17-21(28-15)20(29-18(31)14-27)16(2)19(23(24(32)33-8)34-25(3,4)5)22(17)30-11-9-26(6,7)10-12-30;1-14-13-16-19(26-14)18(25)15(2)17(21(22(28)29-8)30-23(3,4)5)20(16)27-11-9-24(6,7)10-12-27/h14,24H,10-13,15H2,1-9H3;16,24H,10-15H2,1-9H3;13,23,28H,9-12,14H2,1-8H3,(H,29,31);13,21,26H,9-12,25H2,1-8H3/t;24-;;/m.0../s1. The molecular weight excluding hydrogens is 1680 g/mol. The molecule has 0 bridgehead atoms. The van der Waals surface area contributed by atoms with E-state index < -0.39 is 64.7 Å². The Morgan fingerprint density at radius 2 is 0.710 bits per heavy atom. The number of piperidine rings is 4. The third kappa shape index (κ3) is 22.1. The highest BCUT2D eigenvalue weighted by atomic mass is 35.5. The fourth-order valence-corrected chi connectivity index (χ4v) is 20.0. The molecule has 0 spiro atoms. The third-order valence-electron chi connectivity index (χ3n) is 27.4. The lowest BCUT2D eigenvalue weighted by molar-refractivity contribution is -0.164. The number of nitrogen functional groups attached to an aromatic ring is 1. The van der Waals surface area contributed by atoms with Gasteiger partial charge in [-0.25, -0.2) is 19.2 Å². The summed E-state index contributed by atoms with van der Waals surface area (Å²) in [6, 6.07) is 8.65. The number of anilines is 8. The molecule has 4 saturated heterocycles. The van der Waals surface area contributed by atoms with Crippen LogP contribution < -0.4 is 40.4 Å². The zero-order valence-electron chi connectivity index (χ0n) is 85.5. The number of ether oxygens (including phenoxy) is 8. The Morgan fingerprint density at radius 1 is 0.412 bits per heavy atom. The molecule has 722 valence electrons. The maximum Gasteiger partial charge on any atom is 0.339 e. The lowest BCUT2D eigenvalue weighted by Gasteiger charge is -2.41. The van der Waals surface area contributed by atoms with Crippen molar-refractivity contribution < 1.29 is 66.7 Å². The van der Waals surface area contributed by atoms with E-state index in [1.54, 1.807) is 4.90 Å². The van der Waals surface area contributed by atoms with Gasteiger partial charge in [-0.2, -0.15) is 0 Å². The van der Waals surface area contributed by atoms with Crippen LogP contribution in [-0.4, -0.2) is 185 Å². The van der Waals surface area contributed by atoms with E-state index in [4.69, 9.17) is 55.2 Å². The monoisotopic (exact) mass is 1830 g/mol. The number of likely N-dealkylation sites (N-methyl/N-ethyl adjacent to an activating group) is 2. The number of H-pyrrole nitrogens is 2. The number of nitrogens with zero attached hydrogens (tertiary/aromatic N) is 8. The third-order valence-corrected chi connectivity index (χ3v) is 27.6. The van der Waals surface area contributed by atoms with Gasteiger partial charge in [0.2, 0.25) is 11.8 Å². The fraction of sp³-hybridized carbons (Fsp3) is 0.635. The highest BCUT2D eigenvalue weighted by Gasteiger charge is 2.45. The molecule has 4 atom stereocenters. The summed E-state index contributed by atoms with van der Waals surface area (Å²) in [7, 11) is 9.60. The number of hydrogen-bond donors (Lipinski definition) is 4. The highest BCUT2D eigenvalue weighted by molar-refractivity contribution is 6.29. The number of amides is 2. The molecule has 27 heteroatoms. The maximum atomic E-state index is 13.2. The average molecular weight is 1830 g/mol. The number of aryl methyl sites for hydroxylation is 4. The molecule has 8 aromatic rings. The van der Waals surface area contributed by atoms with Crippen molar-refractivity contribution in [3.05, 3.63) is 91.5 Å². The molecule has 3 unspecified atom stereocenters. The van der Waals surface area contributed by atoms with Crippen molar-refractivity contribution in [1.29, 1.82) is 0 Å². The molecule has 4 aromatic heterocycles. The number of nitrogens with two attached hydrogens (primary N) is 1. The molecule has 0 aliphatic carbocycles. The predicted octanol–water partition coefficient (Wildman–Crippen LogP) is 20.9. The summed E-state index contributed by atoms with van der Waals surface area (Å²) in [5.41, 5.74) is 28.4. The van der Waals surface area contributed by atoms with Crippen LogP contribution in [0.1, 0.15) is 282 Å². The number of hydrogen-bond acceptors (Lipinski definition) is 20. The van der Waals surface area contributed by atoms with E-state index in [-0.39, 0.29) is 34.5 Å². The van der Waals surface area contributed by atoms with Crippen molar-refractivity contribution in [2.75, 3.05) is 148 Å². The number of methoxy groups -OCH3 is 4. The Morgan fingerprint density at radius 3 is 1.05 bits per heavy atom. The van der Waals surface area contributed by atoms with Gasteiger partial charge in [0.1, 0.15) is 12.4 Å². The minimum atomic E-state index is -0.957. The maximum absolute atomic E-state index is 13.2. The van der Waals surface area contributed by atoms with Crippen LogP contribution >= 0.6 is 11.6 Å². The fourth-order valence-electron chi connectivity index (χ4n) is 19.9. The Hall–Kier alpha value is -9.21. The summed E-state index contributed by atoms with van der Waals surface area (Å²) in [5, 5.41) is 7.21. The number of aromatic nitrogens is 4. The molecule has 4 fully saturated rings. The molecule has 6 aliphatic heterocycles. The number of esters is 4. The van der Waals surface area contributed by atoms with Crippen LogP contribution in [0.25, 0.3) is 43.6 Å². The number of carbonyl (C=O) groups excluding carboxylic acids is 6. The van der Waals surface area contributed by atoms with Gasteiger partial charge in [-0.3, -0.25) is 9.59 Å². The second-order valence-electron chi connectivity index (χ2n) is 44.5. The molecule has 0 saturated carbocycles. The van der Waals surface area contributed by atoms with E-state index in [9.17, 15) is 28.8 Å². The van der Waals surface area contributed by atoms with E-state index in [2.05, 4.69) is 149 Å². The predicted molar refractivity (Wildman–Crippen MR) is 532 cm³/mol.